The van der Waals surface area contributed by atoms with E-state index in [0.29, 0.717) is 31.6 Å². The Morgan fingerprint density at radius 1 is 0.304 bits per heavy atom. The number of hydrogen-bond donors (Lipinski definition) is 3. The summed E-state index contributed by atoms with van der Waals surface area (Å²) in [5, 5.41) is 10.6. The lowest BCUT2D eigenvalue weighted by molar-refractivity contribution is -0.161. The van der Waals surface area contributed by atoms with Crippen LogP contribution in [0.15, 0.2) is 0 Å². The van der Waals surface area contributed by atoms with Crippen molar-refractivity contribution < 1.29 is 80.2 Å². The minimum absolute atomic E-state index is 0.103. The summed E-state index contributed by atoms with van der Waals surface area (Å²) in [5.74, 6) is 0.874. The predicted molar refractivity (Wildman–Crippen MR) is 372 cm³/mol. The summed E-state index contributed by atoms with van der Waals surface area (Å²) < 4.78 is 68.4. The van der Waals surface area contributed by atoms with Gasteiger partial charge in [0.2, 0.25) is 0 Å². The average molecular weight is 1350 g/mol. The lowest BCUT2D eigenvalue weighted by atomic mass is 10.00. The van der Waals surface area contributed by atoms with Crippen LogP contribution in [0.2, 0.25) is 0 Å². The van der Waals surface area contributed by atoms with Crippen molar-refractivity contribution in [2.24, 2.45) is 23.7 Å². The molecule has 19 heteroatoms. The van der Waals surface area contributed by atoms with E-state index >= 15 is 0 Å². The van der Waals surface area contributed by atoms with Crippen LogP contribution in [0, 0.1) is 23.7 Å². The lowest BCUT2D eigenvalue weighted by Crippen LogP contribution is -2.30. The topological polar surface area (TPSA) is 237 Å². The fourth-order valence-electron chi connectivity index (χ4n) is 11.0. The maximum absolute atomic E-state index is 13.0. The summed E-state index contributed by atoms with van der Waals surface area (Å²) in [5.41, 5.74) is 0. The molecule has 0 aromatic rings. The Morgan fingerprint density at radius 3 is 0.772 bits per heavy atom. The first-order valence-corrected chi connectivity index (χ1v) is 40.7. The molecule has 0 heterocycles. The zero-order valence-corrected chi connectivity index (χ0v) is 62.0. The highest BCUT2D eigenvalue weighted by atomic mass is 31.2. The number of phosphoric acid groups is 2. The van der Waals surface area contributed by atoms with Crippen LogP contribution in [0.1, 0.15) is 364 Å². The smallest absolute Gasteiger partial charge is 0.462 e. The Bertz CT molecular complexity index is 1820. The second-order valence-electron chi connectivity index (χ2n) is 28.0. The number of carbonyl (C=O) groups is 4. The highest BCUT2D eigenvalue weighted by Gasteiger charge is 2.30. The molecule has 0 bridgehead atoms. The zero-order valence-electron chi connectivity index (χ0n) is 60.2. The van der Waals surface area contributed by atoms with Crippen molar-refractivity contribution in [3.8, 4) is 0 Å². The molecular formula is C73H142O17P2. The maximum Gasteiger partial charge on any atom is 0.472 e. The number of phosphoric ester groups is 2. The number of rotatable bonds is 70. The van der Waals surface area contributed by atoms with E-state index in [2.05, 4.69) is 55.4 Å². The number of hydrogen-bond acceptors (Lipinski definition) is 15. The van der Waals surface area contributed by atoms with Crippen LogP contribution < -0.4 is 0 Å². The Kier molecular flexibility index (Phi) is 61.3. The summed E-state index contributed by atoms with van der Waals surface area (Å²) in [7, 11) is -9.91. The molecule has 0 aliphatic rings. The van der Waals surface area contributed by atoms with Gasteiger partial charge in [0.25, 0.3) is 0 Å². The highest BCUT2D eigenvalue weighted by Crippen LogP contribution is 2.45. The molecule has 0 aromatic heterocycles. The molecular weight excluding hydrogens is 1210 g/mol. The maximum atomic E-state index is 13.0. The first kappa shape index (κ1) is 90.1. The molecule has 0 aromatic carbocycles. The van der Waals surface area contributed by atoms with E-state index < -0.39 is 97.5 Å². The summed E-state index contributed by atoms with van der Waals surface area (Å²) in [6, 6.07) is 0. The van der Waals surface area contributed by atoms with Gasteiger partial charge in [-0.05, 0) is 49.4 Å². The average Bonchev–Trinajstić information content (AvgIpc) is 2.49. The van der Waals surface area contributed by atoms with Crippen molar-refractivity contribution in [3.63, 3.8) is 0 Å². The monoisotopic (exact) mass is 1350 g/mol. The van der Waals surface area contributed by atoms with E-state index in [4.69, 9.17) is 37.0 Å². The highest BCUT2D eigenvalue weighted by molar-refractivity contribution is 7.47. The first-order chi connectivity index (χ1) is 44.1. The van der Waals surface area contributed by atoms with Gasteiger partial charge in [0.05, 0.1) is 26.4 Å². The van der Waals surface area contributed by atoms with Crippen molar-refractivity contribution in [1.82, 2.24) is 0 Å². The van der Waals surface area contributed by atoms with Gasteiger partial charge >= 0.3 is 39.5 Å². The van der Waals surface area contributed by atoms with Gasteiger partial charge in [0.1, 0.15) is 19.3 Å². The van der Waals surface area contributed by atoms with Gasteiger partial charge in [-0.25, -0.2) is 9.13 Å². The molecule has 4 unspecified atom stereocenters. The van der Waals surface area contributed by atoms with Crippen molar-refractivity contribution in [1.29, 1.82) is 0 Å². The Labute approximate surface area is 562 Å². The molecule has 0 saturated heterocycles. The van der Waals surface area contributed by atoms with Crippen molar-refractivity contribution >= 4 is 39.5 Å². The molecule has 6 atom stereocenters. The third-order valence-corrected chi connectivity index (χ3v) is 19.1. The normalized spacial score (nSPS) is 14.5. The molecule has 0 fully saturated rings. The van der Waals surface area contributed by atoms with Crippen LogP contribution in [-0.2, 0) is 65.4 Å². The third kappa shape index (κ3) is 65.4. The molecule has 0 aliphatic heterocycles. The third-order valence-electron chi connectivity index (χ3n) is 17.2. The number of unbranched alkanes of at least 4 members (excludes halogenated alkanes) is 35. The van der Waals surface area contributed by atoms with Crippen LogP contribution in [0.3, 0.4) is 0 Å². The quantitative estimate of drug-likeness (QED) is 0.0222. The summed E-state index contributed by atoms with van der Waals surface area (Å²) in [6.07, 6.45) is 45.9. The fraction of sp³-hybridized carbons (Fsp3) is 0.945. The second kappa shape index (κ2) is 62.6. The number of aliphatic hydroxyl groups excluding tert-OH is 1. The van der Waals surface area contributed by atoms with Gasteiger partial charge in [0, 0.05) is 25.7 Å². The second-order valence-corrected chi connectivity index (χ2v) is 30.9. The van der Waals surface area contributed by atoms with Crippen LogP contribution in [0.4, 0.5) is 0 Å². The number of ether oxygens (including phenoxy) is 4. The molecule has 17 nitrogen and oxygen atoms in total. The number of carbonyl (C=O) groups excluding carboxylic acids is 4. The molecule has 546 valence electrons. The van der Waals surface area contributed by atoms with E-state index in [9.17, 15) is 43.2 Å². The number of esters is 4. The molecule has 0 radical (unpaired) electrons. The van der Waals surface area contributed by atoms with Gasteiger partial charge < -0.3 is 33.8 Å². The summed E-state index contributed by atoms with van der Waals surface area (Å²) in [4.78, 5) is 72.6. The summed E-state index contributed by atoms with van der Waals surface area (Å²) in [6.45, 7) is 14.1. The molecule has 0 spiro atoms. The lowest BCUT2D eigenvalue weighted by Gasteiger charge is -2.21. The van der Waals surface area contributed by atoms with Crippen LogP contribution in [0.5, 0.6) is 0 Å². The van der Waals surface area contributed by atoms with Gasteiger partial charge in [-0.1, -0.05) is 312 Å². The standard InChI is InChI=1S/C73H142O17P2/c1-9-66(8)52-44-36-31-32-40-48-56-73(78)90-69(60-83-70(75)53-45-37-28-22-18-15-14-17-21-26-34-42-50-64(4)5)62-88-92(81,82)86-58-67(74)57-85-91(79,80)87-61-68(59-84-71(76)54-46-38-30-24-27-35-43-51-65(6)7)89-72(77)55-47-39-29-23-19-13-11-10-12-16-20-25-33-41-49-63(2)3/h63-69,74H,9-62H2,1-8H3,(H,79,80)(H,81,82)/t66?,67?,68-,69-/m1/s1. The van der Waals surface area contributed by atoms with E-state index in [1.54, 1.807) is 0 Å². The van der Waals surface area contributed by atoms with E-state index in [0.717, 1.165) is 114 Å². The minimum Gasteiger partial charge on any atom is -0.462 e. The fourth-order valence-corrected chi connectivity index (χ4v) is 12.6. The SMILES string of the molecule is CCC(C)CCCCCCCCC(=O)O[C@H](COC(=O)CCCCCCCCCCCCCCC(C)C)COP(=O)(O)OCC(O)COP(=O)(O)OC[C@@H](COC(=O)CCCCCCCCCC(C)C)OC(=O)CCCCCCCCCCCCCCCCC(C)C. The van der Waals surface area contributed by atoms with E-state index in [-0.39, 0.29) is 25.7 Å². The van der Waals surface area contributed by atoms with Crippen molar-refractivity contribution in [2.45, 2.75) is 382 Å². The Morgan fingerprint density at radius 2 is 0.522 bits per heavy atom. The molecule has 0 saturated carbocycles. The largest absolute Gasteiger partial charge is 0.472 e. The molecule has 3 N–H and O–H groups in total. The number of aliphatic hydroxyl groups is 1. The van der Waals surface area contributed by atoms with Crippen LogP contribution >= 0.6 is 15.6 Å². The summed E-state index contributed by atoms with van der Waals surface area (Å²) >= 11 is 0. The minimum atomic E-state index is -4.95. The molecule has 0 aliphatic carbocycles. The molecule has 0 amide bonds. The van der Waals surface area contributed by atoms with E-state index in [1.807, 2.05) is 0 Å². The first-order valence-electron chi connectivity index (χ1n) is 37.7. The zero-order chi connectivity index (χ0) is 68.2. The van der Waals surface area contributed by atoms with Gasteiger partial charge in [-0.15, -0.1) is 0 Å². The molecule has 0 rings (SSSR count). The van der Waals surface area contributed by atoms with Gasteiger partial charge in [-0.3, -0.25) is 37.3 Å². The van der Waals surface area contributed by atoms with Crippen molar-refractivity contribution in [2.75, 3.05) is 39.6 Å². The Balaban J connectivity index is 5.21. The van der Waals surface area contributed by atoms with E-state index in [1.165, 1.54) is 161 Å². The molecule has 92 heavy (non-hydrogen) atoms. The Hall–Kier alpha value is -1.94. The predicted octanol–water partition coefficient (Wildman–Crippen LogP) is 20.9. The van der Waals surface area contributed by atoms with Gasteiger partial charge in [0.15, 0.2) is 12.2 Å². The van der Waals surface area contributed by atoms with Crippen molar-refractivity contribution in [3.05, 3.63) is 0 Å². The van der Waals surface area contributed by atoms with Crippen LogP contribution in [0.25, 0.3) is 0 Å². The van der Waals surface area contributed by atoms with Crippen LogP contribution in [-0.4, -0.2) is 96.7 Å². The van der Waals surface area contributed by atoms with Gasteiger partial charge in [-0.2, -0.15) is 0 Å².